The summed E-state index contributed by atoms with van der Waals surface area (Å²) in [5.41, 5.74) is 0.184. The zero-order chi connectivity index (χ0) is 10.5. The van der Waals surface area contributed by atoms with Gasteiger partial charge in [0.1, 0.15) is 17.3 Å². The summed E-state index contributed by atoms with van der Waals surface area (Å²) in [4.78, 5) is 8.07. The van der Waals surface area contributed by atoms with E-state index in [1.165, 1.54) is 19.2 Å². The molecule has 2 heterocycles. The molecule has 0 aliphatic heterocycles. The second-order valence-corrected chi connectivity index (χ2v) is 4.51. The lowest BCUT2D eigenvalue weighted by atomic mass is 10.3. The van der Waals surface area contributed by atoms with Crippen LogP contribution in [0.3, 0.4) is 0 Å². The predicted molar refractivity (Wildman–Crippen MR) is 57.1 cm³/mol. The van der Waals surface area contributed by atoms with Gasteiger partial charge in [-0.15, -0.1) is 0 Å². The highest BCUT2D eigenvalue weighted by Crippen LogP contribution is 2.38. The maximum absolute atomic E-state index is 5.90. The van der Waals surface area contributed by atoms with Crippen LogP contribution in [0.1, 0.15) is 19.8 Å². The summed E-state index contributed by atoms with van der Waals surface area (Å²) in [6, 6.07) is 1.77. The Morgan fingerprint density at radius 3 is 3.07 bits per heavy atom. The third-order valence-electron chi connectivity index (χ3n) is 2.65. The van der Waals surface area contributed by atoms with Crippen LogP contribution in [-0.4, -0.2) is 25.1 Å². The monoisotopic (exact) mass is 223 g/mol. The lowest BCUT2D eigenvalue weighted by Crippen LogP contribution is -2.18. The third-order valence-corrected chi connectivity index (χ3v) is 2.84. The number of aromatic nitrogens is 4. The van der Waals surface area contributed by atoms with Gasteiger partial charge in [-0.3, -0.25) is 0 Å². The molecule has 1 aliphatic carbocycles. The summed E-state index contributed by atoms with van der Waals surface area (Å²) < 4.78 is 1.66. The summed E-state index contributed by atoms with van der Waals surface area (Å²) in [6.45, 7) is 2.17. The molecular weight excluding hydrogens is 214 g/mol. The van der Waals surface area contributed by atoms with E-state index in [0.717, 1.165) is 5.82 Å². The van der Waals surface area contributed by atoms with Crippen molar-refractivity contribution in [2.24, 2.45) is 0 Å². The van der Waals surface area contributed by atoms with Crippen molar-refractivity contribution in [2.75, 3.05) is 5.32 Å². The molecule has 5 nitrogen and oxygen atoms in total. The van der Waals surface area contributed by atoms with Crippen molar-refractivity contribution in [3.05, 3.63) is 17.5 Å². The Labute approximate surface area is 91.5 Å². The molecule has 0 aromatic carbocycles. The van der Waals surface area contributed by atoms with Crippen LogP contribution in [0, 0.1) is 0 Å². The van der Waals surface area contributed by atoms with Crippen molar-refractivity contribution in [2.45, 2.75) is 25.3 Å². The topological polar surface area (TPSA) is 55.1 Å². The highest BCUT2D eigenvalue weighted by atomic mass is 35.5. The van der Waals surface area contributed by atoms with E-state index in [-0.39, 0.29) is 5.54 Å². The Morgan fingerprint density at radius 1 is 1.53 bits per heavy atom. The summed E-state index contributed by atoms with van der Waals surface area (Å²) in [6.07, 6.45) is 3.81. The quantitative estimate of drug-likeness (QED) is 0.788. The number of nitrogens with zero attached hydrogens (tertiary/aromatic N) is 4. The highest BCUT2D eigenvalue weighted by molar-refractivity contribution is 6.29. The largest absolute Gasteiger partial charge is 0.365 e. The lowest BCUT2D eigenvalue weighted by molar-refractivity contribution is 0.799. The molecule has 2 aromatic heterocycles. The first kappa shape index (κ1) is 8.91. The minimum Gasteiger partial charge on any atom is -0.365 e. The molecule has 0 unspecified atom stereocenters. The lowest BCUT2D eigenvalue weighted by Gasteiger charge is -2.13. The minimum atomic E-state index is 0.184. The van der Waals surface area contributed by atoms with E-state index < -0.39 is 0 Å². The summed E-state index contributed by atoms with van der Waals surface area (Å²) in [5.74, 6) is 1.37. The zero-order valence-corrected chi connectivity index (χ0v) is 8.99. The van der Waals surface area contributed by atoms with Crippen LogP contribution in [0.2, 0.25) is 5.15 Å². The molecule has 1 fully saturated rings. The van der Waals surface area contributed by atoms with Gasteiger partial charge in [-0.2, -0.15) is 19.6 Å². The molecule has 0 spiro atoms. The first-order valence-electron chi connectivity index (χ1n) is 4.81. The van der Waals surface area contributed by atoms with E-state index in [4.69, 9.17) is 11.6 Å². The van der Waals surface area contributed by atoms with Crippen molar-refractivity contribution in [3.8, 4) is 0 Å². The smallest absolute Gasteiger partial charge is 0.255 e. The van der Waals surface area contributed by atoms with E-state index in [9.17, 15) is 0 Å². The second-order valence-electron chi connectivity index (χ2n) is 4.12. The normalized spacial score (nSPS) is 18.0. The molecule has 1 saturated carbocycles. The number of hydrogen-bond donors (Lipinski definition) is 1. The molecule has 78 valence electrons. The van der Waals surface area contributed by atoms with Crippen LogP contribution in [0.4, 0.5) is 5.82 Å². The molecule has 1 aliphatic rings. The van der Waals surface area contributed by atoms with Crippen molar-refractivity contribution in [1.82, 2.24) is 19.6 Å². The Hall–Kier alpha value is -1.36. The molecule has 2 aromatic rings. The van der Waals surface area contributed by atoms with Crippen LogP contribution in [-0.2, 0) is 0 Å². The van der Waals surface area contributed by atoms with Crippen molar-refractivity contribution >= 4 is 23.2 Å². The van der Waals surface area contributed by atoms with Crippen molar-refractivity contribution in [1.29, 1.82) is 0 Å². The first-order chi connectivity index (χ1) is 7.16. The fraction of sp³-hybridized carbons (Fsp3) is 0.444. The van der Waals surface area contributed by atoms with Crippen LogP contribution >= 0.6 is 11.6 Å². The van der Waals surface area contributed by atoms with Gasteiger partial charge in [-0.25, -0.2) is 0 Å². The number of anilines is 1. The van der Waals surface area contributed by atoms with E-state index in [2.05, 4.69) is 27.3 Å². The van der Waals surface area contributed by atoms with Crippen LogP contribution in [0.15, 0.2) is 12.4 Å². The van der Waals surface area contributed by atoms with Gasteiger partial charge in [-0.1, -0.05) is 11.6 Å². The number of halogens is 1. The molecule has 15 heavy (non-hydrogen) atoms. The van der Waals surface area contributed by atoms with Crippen molar-refractivity contribution < 1.29 is 0 Å². The third kappa shape index (κ3) is 1.52. The average molecular weight is 224 g/mol. The van der Waals surface area contributed by atoms with E-state index in [1.54, 1.807) is 10.6 Å². The molecule has 0 atom stereocenters. The maximum Gasteiger partial charge on any atom is 0.255 e. The first-order valence-corrected chi connectivity index (χ1v) is 5.19. The molecule has 0 amide bonds. The van der Waals surface area contributed by atoms with Gasteiger partial charge in [0.25, 0.3) is 5.78 Å². The molecule has 6 heteroatoms. The van der Waals surface area contributed by atoms with Crippen LogP contribution in [0.25, 0.3) is 5.78 Å². The standard InChI is InChI=1S/C9H10ClN5/c1-9(2-3-9)14-7-4-6(10)13-8-11-5-12-15(7)8/h4-5,14H,2-3H2,1H3. The number of rotatable bonds is 2. The van der Waals surface area contributed by atoms with Crippen LogP contribution in [0.5, 0.6) is 0 Å². The van der Waals surface area contributed by atoms with Gasteiger partial charge in [0.2, 0.25) is 0 Å². The summed E-state index contributed by atoms with van der Waals surface area (Å²) in [7, 11) is 0. The number of fused-ring (bicyclic) bond motifs is 1. The van der Waals surface area contributed by atoms with Gasteiger partial charge >= 0.3 is 0 Å². The van der Waals surface area contributed by atoms with Gasteiger partial charge in [0, 0.05) is 11.6 Å². The Kier molecular flexibility index (Phi) is 1.68. The average Bonchev–Trinajstić information content (AvgIpc) is 2.73. The summed E-state index contributed by atoms with van der Waals surface area (Å²) >= 11 is 5.90. The van der Waals surface area contributed by atoms with E-state index in [1.807, 2.05) is 0 Å². The van der Waals surface area contributed by atoms with Crippen LogP contribution < -0.4 is 5.32 Å². The van der Waals surface area contributed by atoms with Gasteiger partial charge < -0.3 is 5.32 Å². The molecule has 0 radical (unpaired) electrons. The summed E-state index contributed by atoms with van der Waals surface area (Å²) in [5, 5.41) is 7.92. The minimum absolute atomic E-state index is 0.184. The fourth-order valence-corrected chi connectivity index (χ4v) is 1.67. The number of nitrogens with one attached hydrogen (secondary N) is 1. The molecular formula is C9H10ClN5. The number of hydrogen-bond acceptors (Lipinski definition) is 4. The predicted octanol–water partition coefficient (Wildman–Crippen LogP) is 1.74. The van der Waals surface area contributed by atoms with Gasteiger partial charge in [-0.05, 0) is 19.8 Å². The van der Waals surface area contributed by atoms with Crippen molar-refractivity contribution in [3.63, 3.8) is 0 Å². The molecule has 3 rings (SSSR count). The Bertz CT molecular complexity index is 516. The fourth-order valence-electron chi connectivity index (χ4n) is 1.49. The van der Waals surface area contributed by atoms with Gasteiger partial charge in [0.15, 0.2) is 0 Å². The molecule has 1 N–H and O–H groups in total. The molecule has 0 bridgehead atoms. The Morgan fingerprint density at radius 2 is 2.33 bits per heavy atom. The second kappa shape index (κ2) is 2.82. The van der Waals surface area contributed by atoms with E-state index in [0.29, 0.717) is 10.9 Å². The Balaban J connectivity index is 2.11. The van der Waals surface area contributed by atoms with Gasteiger partial charge in [0.05, 0.1) is 0 Å². The zero-order valence-electron chi connectivity index (χ0n) is 8.24. The maximum atomic E-state index is 5.90. The van der Waals surface area contributed by atoms with E-state index >= 15 is 0 Å². The molecule has 0 saturated heterocycles. The SMILES string of the molecule is CC1(Nc2cc(Cl)nc3ncnn23)CC1. The highest BCUT2D eigenvalue weighted by Gasteiger charge is 2.37.